The summed E-state index contributed by atoms with van der Waals surface area (Å²) in [5.41, 5.74) is 0. The number of unbranched alkanes of at least 4 members (excludes halogenated alkanes) is 8. The van der Waals surface area contributed by atoms with Crippen LogP contribution in [-0.4, -0.2) is 18.4 Å². The van der Waals surface area contributed by atoms with Gasteiger partial charge in [-0.1, -0.05) is 58.3 Å². The second-order valence-corrected chi connectivity index (χ2v) is 4.90. The molecule has 0 aliphatic rings. The van der Waals surface area contributed by atoms with Gasteiger partial charge in [-0.05, 0) is 6.42 Å². The third kappa shape index (κ3) is 18.1. The molecule has 0 aromatic carbocycles. The van der Waals surface area contributed by atoms with Crippen LogP contribution < -0.4 is 29.6 Å². The van der Waals surface area contributed by atoms with Crippen molar-refractivity contribution in [1.29, 1.82) is 0 Å². The largest absolute Gasteiger partial charge is 1.00 e. The summed E-state index contributed by atoms with van der Waals surface area (Å²) in [6.45, 7) is 3.50. The van der Waals surface area contributed by atoms with Gasteiger partial charge in [-0.3, -0.25) is 9.59 Å². The Balaban J connectivity index is -0.00000144. The molecule has 0 spiro atoms. The number of ether oxygens (including phenoxy) is 1. The van der Waals surface area contributed by atoms with Crippen molar-refractivity contribution in [2.75, 3.05) is 6.61 Å². The molecule has 0 radical (unpaired) electrons. The van der Waals surface area contributed by atoms with Crippen molar-refractivity contribution in [3.8, 4) is 0 Å². The third-order valence-electron chi connectivity index (χ3n) is 3.00. The summed E-state index contributed by atoms with van der Waals surface area (Å²) in [5, 5.41) is 0. The Labute approximate surface area is 141 Å². The summed E-state index contributed by atoms with van der Waals surface area (Å²) in [5.74, 6) is -0.344. The van der Waals surface area contributed by atoms with Crippen molar-refractivity contribution in [1.82, 2.24) is 0 Å². The Hall–Kier alpha value is 0.140. The van der Waals surface area contributed by atoms with E-state index in [-0.39, 0.29) is 49.3 Å². The van der Waals surface area contributed by atoms with E-state index in [9.17, 15) is 9.59 Å². The molecule has 0 atom stereocenters. The van der Waals surface area contributed by atoms with E-state index in [2.05, 4.69) is 11.7 Å². The van der Waals surface area contributed by atoms with E-state index in [0.29, 0.717) is 6.42 Å². The van der Waals surface area contributed by atoms with Gasteiger partial charge in [-0.15, -0.1) is 0 Å². The van der Waals surface area contributed by atoms with E-state index in [1.807, 2.05) is 0 Å². The average molecular weight is 280 g/mol. The number of Topliss-reactive ketones (excluding diaryl/α,β-unsaturated/α-hetero) is 1. The summed E-state index contributed by atoms with van der Waals surface area (Å²) in [7, 11) is 0. The first-order valence-corrected chi connectivity index (χ1v) is 7.32. The van der Waals surface area contributed by atoms with Gasteiger partial charge in [0.1, 0.15) is 6.61 Å². The standard InChI is InChI=1S/C15H28O3.Na.H/c1-3-4-5-6-7-8-9-10-11-12-15(17)13-18-14(2)16;;/h3-13H2,1-2H3;;/q;+1;-1. The van der Waals surface area contributed by atoms with Crippen molar-refractivity contribution >= 4 is 11.8 Å². The molecule has 3 nitrogen and oxygen atoms in total. The normalized spacial score (nSPS) is 9.79. The fourth-order valence-electron chi connectivity index (χ4n) is 1.89. The Morgan fingerprint density at radius 1 is 0.895 bits per heavy atom. The molecule has 0 rings (SSSR count). The topological polar surface area (TPSA) is 43.4 Å². The van der Waals surface area contributed by atoms with Crippen molar-refractivity contribution in [2.45, 2.75) is 78.1 Å². The second kappa shape index (κ2) is 16.2. The average Bonchev–Trinajstić information content (AvgIpc) is 2.34. The Morgan fingerprint density at radius 2 is 1.37 bits per heavy atom. The van der Waals surface area contributed by atoms with E-state index in [1.165, 1.54) is 51.9 Å². The van der Waals surface area contributed by atoms with Crippen LogP contribution in [0.3, 0.4) is 0 Å². The molecule has 4 heteroatoms. The van der Waals surface area contributed by atoms with Crippen LogP contribution in [0.2, 0.25) is 0 Å². The molecular formula is C15H29NaO3. The van der Waals surface area contributed by atoms with Crippen LogP contribution in [0.5, 0.6) is 0 Å². The smallest absolute Gasteiger partial charge is 1.00 e. The van der Waals surface area contributed by atoms with Gasteiger partial charge in [0.05, 0.1) is 0 Å². The monoisotopic (exact) mass is 280 g/mol. The summed E-state index contributed by atoms with van der Waals surface area (Å²) < 4.78 is 4.65. The number of hydrogen-bond donors (Lipinski definition) is 0. The zero-order chi connectivity index (χ0) is 13.6. The van der Waals surface area contributed by atoms with Crippen molar-refractivity contribution in [3.05, 3.63) is 0 Å². The van der Waals surface area contributed by atoms with Gasteiger partial charge >= 0.3 is 35.5 Å². The minimum absolute atomic E-state index is 0. The molecule has 108 valence electrons. The molecule has 0 aromatic rings. The third-order valence-corrected chi connectivity index (χ3v) is 3.00. The number of ketones is 1. The Bertz CT molecular complexity index is 235. The minimum Gasteiger partial charge on any atom is -1.00 e. The quantitative estimate of drug-likeness (QED) is 0.306. The maximum absolute atomic E-state index is 11.3. The number of hydrogen-bond acceptors (Lipinski definition) is 3. The molecule has 0 N–H and O–H groups in total. The van der Waals surface area contributed by atoms with Gasteiger partial charge in [0.25, 0.3) is 0 Å². The SMILES string of the molecule is CCCCCCCCCCCC(=O)COC(C)=O.[H-].[Na+]. The maximum Gasteiger partial charge on any atom is 1.00 e. The molecule has 0 aromatic heterocycles. The Morgan fingerprint density at radius 3 is 1.84 bits per heavy atom. The van der Waals surface area contributed by atoms with E-state index in [0.717, 1.165) is 12.8 Å². The predicted molar refractivity (Wildman–Crippen MR) is 74.6 cm³/mol. The van der Waals surface area contributed by atoms with Gasteiger partial charge in [0.15, 0.2) is 5.78 Å². The van der Waals surface area contributed by atoms with Gasteiger partial charge < -0.3 is 6.16 Å². The number of carbonyl (C=O) groups is 2. The maximum atomic E-state index is 11.3. The van der Waals surface area contributed by atoms with Crippen molar-refractivity contribution in [3.63, 3.8) is 0 Å². The zero-order valence-corrected chi connectivity index (χ0v) is 15.0. The number of esters is 1. The van der Waals surface area contributed by atoms with Crippen molar-refractivity contribution in [2.24, 2.45) is 0 Å². The summed E-state index contributed by atoms with van der Waals surface area (Å²) in [6, 6.07) is 0. The molecule has 0 amide bonds. The Kier molecular flexibility index (Phi) is 18.3. The first-order valence-electron chi connectivity index (χ1n) is 7.32. The fourth-order valence-corrected chi connectivity index (χ4v) is 1.89. The summed E-state index contributed by atoms with van der Waals surface area (Å²) >= 11 is 0. The zero-order valence-electron chi connectivity index (χ0n) is 14.0. The van der Waals surface area contributed by atoms with Gasteiger partial charge in [-0.2, -0.15) is 0 Å². The van der Waals surface area contributed by atoms with Crippen LogP contribution in [0.4, 0.5) is 0 Å². The second-order valence-electron chi connectivity index (χ2n) is 4.90. The molecule has 0 saturated heterocycles. The minimum atomic E-state index is -0.379. The molecule has 0 saturated carbocycles. The van der Waals surface area contributed by atoms with Crippen molar-refractivity contribution < 1.29 is 45.3 Å². The molecule has 0 fully saturated rings. The number of carbonyl (C=O) groups excluding carboxylic acids is 2. The van der Waals surface area contributed by atoms with Gasteiger partial charge in [0, 0.05) is 13.3 Å². The first kappa shape index (κ1) is 21.4. The molecule has 0 aliphatic carbocycles. The van der Waals surface area contributed by atoms with Crippen LogP contribution in [-0.2, 0) is 14.3 Å². The molecule has 0 unspecified atom stereocenters. The molecule has 0 aliphatic heterocycles. The van der Waals surface area contributed by atoms with Crippen LogP contribution in [0.15, 0.2) is 0 Å². The van der Waals surface area contributed by atoms with Gasteiger partial charge in [0.2, 0.25) is 0 Å². The van der Waals surface area contributed by atoms with E-state index in [4.69, 9.17) is 0 Å². The summed E-state index contributed by atoms with van der Waals surface area (Å²) in [4.78, 5) is 21.8. The summed E-state index contributed by atoms with van der Waals surface area (Å²) in [6.07, 6.45) is 11.7. The first-order chi connectivity index (χ1) is 8.66. The van der Waals surface area contributed by atoms with E-state index in [1.54, 1.807) is 0 Å². The van der Waals surface area contributed by atoms with E-state index >= 15 is 0 Å². The number of rotatable bonds is 12. The molecule has 0 heterocycles. The van der Waals surface area contributed by atoms with E-state index < -0.39 is 0 Å². The van der Waals surface area contributed by atoms with Crippen LogP contribution in [0, 0.1) is 0 Å². The molecule has 0 bridgehead atoms. The molecule has 19 heavy (non-hydrogen) atoms. The van der Waals surface area contributed by atoms with Crippen LogP contribution in [0.25, 0.3) is 0 Å². The van der Waals surface area contributed by atoms with Crippen LogP contribution >= 0.6 is 0 Å². The predicted octanol–water partition coefficient (Wildman–Crippen LogP) is 1.16. The van der Waals surface area contributed by atoms with Crippen LogP contribution in [0.1, 0.15) is 79.5 Å². The molecular weight excluding hydrogens is 251 g/mol. The van der Waals surface area contributed by atoms with Gasteiger partial charge in [-0.25, -0.2) is 0 Å². The fraction of sp³-hybridized carbons (Fsp3) is 0.867.